The summed E-state index contributed by atoms with van der Waals surface area (Å²) in [5.41, 5.74) is 2.61. The first-order valence-corrected chi connectivity index (χ1v) is 7.38. The van der Waals surface area contributed by atoms with Crippen LogP contribution in [0.25, 0.3) is 0 Å². The van der Waals surface area contributed by atoms with Gasteiger partial charge in [0.05, 0.1) is 12.6 Å². The molecule has 0 aliphatic carbocycles. The maximum absolute atomic E-state index is 9.64. The molecule has 3 nitrogen and oxygen atoms in total. The summed E-state index contributed by atoms with van der Waals surface area (Å²) >= 11 is 0. The number of aliphatic hydroxyl groups excluding tert-OH is 1. The maximum atomic E-state index is 9.64. The van der Waals surface area contributed by atoms with Gasteiger partial charge in [0.2, 0.25) is 0 Å². The van der Waals surface area contributed by atoms with Crippen molar-refractivity contribution < 1.29 is 5.11 Å². The van der Waals surface area contributed by atoms with Gasteiger partial charge in [-0.2, -0.15) is 0 Å². The Kier molecular flexibility index (Phi) is 4.83. The van der Waals surface area contributed by atoms with Crippen molar-refractivity contribution in [3.8, 4) is 0 Å². The third-order valence-electron chi connectivity index (χ3n) is 4.29. The Morgan fingerprint density at radius 1 is 1.42 bits per heavy atom. The van der Waals surface area contributed by atoms with Crippen molar-refractivity contribution in [2.75, 3.05) is 24.6 Å². The topological polar surface area (TPSA) is 35.5 Å². The van der Waals surface area contributed by atoms with E-state index < -0.39 is 0 Å². The van der Waals surface area contributed by atoms with Crippen molar-refractivity contribution in [3.63, 3.8) is 0 Å². The first kappa shape index (κ1) is 14.4. The average molecular weight is 262 g/mol. The van der Waals surface area contributed by atoms with Crippen LogP contribution in [0.15, 0.2) is 24.3 Å². The molecule has 1 fully saturated rings. The SMILES string of the molecule is CCNC(C)c1ccccc1N1CCC(C)C1CO. The van der Waals surface area contributed by atoms with E-state index in [9.17, 15) is 5.11 Å². The molecule has 0 saturated carbocycles. The Bertz CT molecular complexity index is 407. The predicted molar refractivity (Wildman–Crippen MR) is 80.5 cm³/mol. The second-order valence-electron chi connectivity index (χ2n) is 5.55. The van der Waals surface area contributed by atoms with Gasteiger partial charge in [-0.25, -0.2) is 0 Å². The van der Waals surface area contributed by atoms with Crippen LogP contribution in [-0.4, -0.2) is 30.8 Å². The van der Waals surface area contributed by atoms with E-state index in [2.05, 4.69) is 55.3 Å². The summed E-state index contributed by atoms with van der Waals surface area (Å²) in [4.78, 5) is 2.38. The van der Waals surface area contributed by atoms with Gasteiger partial charge in [-0.05, 0) is 37.4 Å². The first-order valence-electron chi connectivity index (χ1n) is 7.38. The number of hydrogen-bond acceptors (Lipinski definition) is 3. The molecule has 106 valence electrons. The molecule has 1 aliphatic heterocycles. The molecule has 1 aromatic carbocycles. The van der Waals surface area contributed by atoms with Crippen molar-refractivity contribution in [2.24, 2.45) is 5.92 Å². The third kappa shape index (κ3) is 2.93. The molecule has 0 amide bonds. The molecule has 1 aliphatic rings. The maximum Gasteiger partial charge on any atom is 0.0637 e. The van der Waals surface area contributed by atoms with Crippen LogP contribution in [0.5, 0.6) is 0 Å². The number of para-hydroxylation sites is 1. The quantitative estimate of drug-likeness (QED) is 0.856. The molecular formula is C16H26N2O. The van der Waals surface area contributed by atoms with E-state index in [4.69, 9.17) is 0 Å². The van der Waals surface area contributed by atoms with Crippen molar-refractivity contribution in [1.82, 2.24) is 5.32 Å². The smallest absolute Gasteiger partial charge is 0.0637 e. The second kappa shape index (κ2) is 6.40. The van der Waals surface area contributed by atoms with Crippen molar-refractivity contribution in [1.29, 1.82) is 0 Å². The Hall–Kier alpha value is -1.06. The van der Waals surface area contributed by atoms with Crippen LogP contribution in [-0.2, 0) is 0 Å². The van der Waals surface area contributed by atoms with E-state index in [1.54, 1.807) is 0 Å². The van der Waals surface area contributed by atoms with Crippen molar-refractivity contribution in [2.45, 2.75) is 39.3 Å². The molecule has 2 rings (SSSR count). The number of nitrogens with one attached hydrogen (secondary N) is 1. The summed E-state index contributed by atoms with van der Waals surface area (Å²) in [6, 6.07) is 9.17. The van der Waals surface area contributed by atoms with E-state index in [1.165, 1.54) is 11.3 Å². The largest absolute Gasteiger partial charge is 0.394 e. The van der Waals surface area contributed by atoms with E-state index in [0.717, 1.165) is 19.5 Å². The van der Waals surface area contributed by atoms with E-state index in [-0.39, 0.29) is 12.6 Å². The van der Waals surface area contributed by atoms with E-state index >= 15 is 0 Å². The number of rotatable bonds is 5. The summed E-state index contributed by atoms with van der Waals surface area (Å²) in [7, 11) is 0. The van der Waals surface area contributed by atoms with Crippen molar-refractivity contribution >= 4 is 5.69 Å². The average Bonchev–Trinajstić information content (AvgIpc) is 2.80. The molecule has 3 heteroatoms. The number of anilines is 1. The Labute approximate surface area is 116 Å². The highest BCUT2D eigenvalue weighted by molar-refractivity contribution is 5.56. The van der Waals surface area contributed by atoms with Crippen LogP contribution < -0.4 is 10.2 Å². The van der Waals surface area contributed by atoms with Crippen LogP contribution >= 0.6 is 0 Å². The molecule has 0 spiro atoms. The molecule has 1 saturated heterocycles. The minimum atomic E-state index is 0.241. The Morgan fingerprint density at radius 2 is 2.16 bits per heavy atom. The fraction of sp³-hybridized carbons (Fsp3) is 0.625. The number of hydrogen-bond donors (Lipinski definition) is 2. The van der Waals surface area contributed by atoms with Gasteiger partial charge in [0.1, 0.15) is 0 Å². The zero-order valence-corrected chi connectivity index (χ0v) is 12.3. The minimum absolute atomic E-state index is 0.241. The lowest BCUT2D eigenvalue weighted by molar-refractivity contribution is 0.244. The monoisotopic (exact) mass is 262 g/mol. The Balaban J connectivity index is 2.29. The Morgan fingerprint density at radius 3 is 2.84 bits per heavy atom. The van der Waals surface area contributed by atoms with Gasteiger partial charge in [0.15, 0.2) is 0 Å². The molecule has 19 heavy (non-hydrogen) atoms. The van der Waals surface area contributed by atoms with E-state index in [1.807, 2.05) is 0 Å². The second-order valence-corrected chi connectivity index (χ2v) is 5.55. The molecule has 1 heterocycles. The number of benzene rings is 1. The molecular weight excluding hydrogens is 236 g/mol. The molecule has 0 radical (unpaired) electrons. The lowest BCUT2D eigenvalue weighted by atomic mass is 10.0. The van der Waals surface area contributed by atoms with Gasteiger partial charge in [-0.1, -0.05) is 32.0 Å². The highest BCUT2D eigenvalue weighted by Crippen LogP contribution is 2.34. The van der Waals surface area contributed by atoms with E-state index in [0.29, 0.717) is 12.0 Å². The highest BCUT2D eigenvalue weighted by atomic mass is 16.3. The van der Waals surface area contributed by atoms with Gasteiger partial charge < -0.3 is 15.3 Å². The minimum Gasteiger partial charge on any atom is -0.394 e. The zero-order chi connectivity index (χ0) is 13.8. The van der Waals surface area contributed by atoms with Gasteiger partial charge >= 0.3 is 0 Å². The summed E-state index contributed by atoms with van der Waals surface area (Å²) in [5, 5.41) is 13.1. The van der Waals surface area contributed by atoms with Gasteiger partial charge in [-0.3, -0.25) is 0 Å². The van der Waals surface area contributed by atoms with Crippen LogP contribution in [0.1, 0.15) is 38.8 Å². The van der Waals surface area contributed by atoms with Crippen LogP contribution in [0.3, 0.4) is 0 Å². The molecule has 3 atom stereocenters. The highest BCUT2D eigenvalue weighted by Gasteiger charge is 2.32. The van der Waals surface area contributed by atoms with Gasteiger partial charge in [0.25, 0.3) is 0 Å². The van der Waals surface area contributed by atoms with Gasteiger partial charge in [0, 0.05) is 18.3 Å². The summed E-state index contributed by atoms with van der Waals surface area (Å²) < 4.78 is 0. The summed E-state index contributed by atoms with van der Waals surface area (Å²) in [5.74, 6) is 0.562. The molecule has 3 unspecified atom stereocenters. The third-order valence-corrected chi connectivity index (χ3v) is 4.29. The number of nitrogens with zero attached hydrogens (tertiary/aromatic N) is 1. The van der Waals surface area contributed by atoms with Gasteiger partial charge in [-0.15, -0.1) is 0 Å². The molecule has 0 bridgehead atoms. The lowest BCUT2D eigenvalue weighted by Gasteiger charge is -2.31. The van der Waals surface area contributed by atoms with Crippen LogP contribution in [0.4, 0.5) is 5.69 Å². The van der Waals surface area contributed by atoms with Crippen LogP contribution in [0.2, 0.25) is 0 Å². The molecule has 2 N–H and O–H groups in total. The summed E-state index contributed by atoms with van der Waals surface area (Å²) in [6.45, 7) is 8.82. The van der Waals surface area contributed by atoms with Crippen molar-refractivity contribution in [3.05, 3.63) is 29.8 Å². The predicted octanol–water partition coefficient (Wildman–Crippen LogP) is 2.56. The lowest BCUT2D eigenvalue weighted by Crippen LogP contribution is -2.36. The summed E-state index contributed by atoms with van der Waals surface area (Å²) in [6.07, 6.45) is 1.16. The fourth-order valence-electron chi connectivity index (χ4n) is 3.12. The molecule has 1 aromatic rings. The first-order chi connectivity index (χ1) is 9.19. The normalized spacial score (nSPS) is 24.7. The van der Waals surface area contributed by atoms with Crippen LogP contribution in [0, 0.1) is 5.92 Å². The standard InChI is InChI=1S/C16H26N2O/c1-4-17-13(3)14-7-5-6-8-15(14)18-10-9-12(2)16(18)11-19/h5-8,12-13,16-17,19H,4,9-11H2,1-3H3. The molecule has 0 aromatic heterocycles. The zero-order valence-electron chi connectivity index (χ0n) is 12.3. The number of aliphatic hydroxyl groups is 1. The fourth-order valence-corrected chi connectivity index (χ4v) is 3.12.